The molecule has 0 spiro atoms. The maximum Gasteiger partial charge on any atom is 0.278 e. The number of sulfonamides is 1. The molecule has 3 aromatic rings. The first-order chi connectivity index (χ1) is 16.3. The van der Waals surface area contributed by atoms with E-state index in [0.29, 0.717) is 16.4 Å². The third kappa shape index (κ3) is 5.11. The Morgan fingerprint density at radius 2 is 1.65 bits per heavy atom. The van der Waals surface area contributed by atoms with Gasteiger partial charge in [0.2, 0.25) is 15.5 Å². The highest BCUT2D eigenvalue weighted by Gasteiger charge is 2.29. The molecule has 1 amide bonds. The van der Waals surface area contributed by atoms with Crippen LogP contribution in [0.15, 0.2) is 70.9 Å². The molecule has 10 heteroatoms. The fraction of sp³-hybridized carbons (Fsp3) is 0.208. The summed E-state index contributed by atoms with van der Waals surface area (Å²) in [6.07, 6.45) is 1.54. The molecule has 4 rings (SSSR count). The minimum absolute atomic E-state index is 0.123. The van der Waals surface area contributed by atoms with Gasteiger partial charge in [-0.15, -0.1) is 0 Å². The van der Waals surface area contributed by atoms with Crippen LogP contribution in [0.4, 0.5) is 0 Å². The fourth-order valence-corrected chi connectivity index (χ4v) is 5.06. The standard InChI is InChI=1S/C24H23ClN4O4S/c1-18-17-22(30)23(26-29(18)21-10-6-5-9-20(21)25)24(31)27-12-14-28(15-13-27)34(32,33)16-11-19-7-3-2-4-8-19/h2-11,16-17H,12-15H2,1H3/b16-11+. The summed E-state index contributed by atoms with van der Waals surface area (Å²) < 4.78 is 28.2. The van der Waals surface area contributed by atoms with Crippen molar-refractivity contribution < 1.29 is 13.2 Å². The summed E-state index contributed by atoms with van der Waals surface area (Å²) >= 11 is 6.27. The number of amides is 1. The molecule has 0 aliphatic carbocycles. The Bertz CT molecular complexity index is 1400. The molecule has 2 heterocycles. The highest BCUT2D eigenvalue weighted by Crippen LogP contribution is 2.20. The van der Waals surface area contributed by atoms with Crippen LogP contribution in [0.1, 0.15) is 21.7 Å². The number of piperazine rings is 1. The minimum atomic E-state index is -3.64. The van der Waals surface area contributed by atoms with Gasteiger partial charge in [-0.3, -0.25) is 9.59 Å². The molecule has 8 nitrogen and oxygen atoms in total. The number of benzene rings is 2. The van der Waals surface area contributed by atoms with Crippen molar-refractivity contribution in [3.8, 4) is 5.69 Å². The SMILES string of the molecule is Cc1cc(=O)c(C(=O)N2CCN(S(=O)(=O)/C=C/c3ccccc3)CC2)nn1-c1ccccc1Cl. The highest BCUT2D eigenvalue weighted by molar-refractivity contribution is 7.92. The van der Waals surface area contributed by atoms with E-state index < -0.39 is 21.4 Å². The van der Waals surface area contributed by atoms with Gasteiger partial charge in [0.15, 0.2) is 5.69 Å². The lowest BCUT2D eigenvalue weighted by molar-refractivity contribution is 0.0689. The van der Waals surface area contributed by atoms with Crippen molar-refractivity contribution in [1.29, 1.82) is 0 Å². The summed E-state index contributed by atoms with van der Waals surface area (Å²) in [5.74, 6) is -0.539. The Labute approximate surface area is 202 Å². The van der Waals surface area contributed by atoms with Gasteiger partial charge in [-0.1, -0.05) is 54.1 Å². The van der Waals surface area contributed by atoms with Crippen LogP contribution in [0.5, 0.6) is 0 Å². The molecule has 0 unspecified atom stereocenters. The van der Waals surface area contributed by atoms with Crippen molar-refractivity contribution in [2.75, 3.05) is 26.2 Å². The number of aryl methyl sites for hydroxylation is 1. The average Bonchev–Trinajstić information content (AvgIpc) is 2.84. The number of carbonyl (C=O) groups is 1. The Morgan fingerprint density at radius 1 is 1.00 bits per heavy atom. The Morgan fingerprint density at radius 3 is 2.32 bits per heavy atom. The van der Waals surface area contributed by atoms with Crippen LogP contribution < -0.4 is 5.43 Å². The van der Waals surface area contributed by atoms with Crippen molar-refractivity contribution in [1.82, 2.24) is 19.0 Å². The molecule has 1 aliphatic heterocycles. The third-order valence-corrected chi connectivity index (χ3v) is 7.39. The first-order valence-electron chi connectivity index (χ1n) is 10.6. The predicted octanol–water partition coefficient (Wildman–Crippen LogP) is 2.95. The van der Waals surface area contributed by atoms with E-state index in [4.69, 9.17) is 11.6 Å². The van der Waals surface area contributed by atoms with E-state index in [1.54, 1.807) is 37.3 Å². The van der Waals surface area contributed by atoms with E-state index >= 15 is 0 Å². The lowest BCUT2D eigenvalue weighted by atomic mass is 10.2. The first-order valence-corrected chi connectivity index (χ1v) is 12.5. The Kier molecular flexibility index (Phi) is 6.97. The van der Waals surface area contributed by atoms with Crippen LogP contribution in [0, 0.1) is 6.92 Å². The number of aromatic nitrogens is 2. The number of para-hydroxylation sites is 1. The van der Waals surface area contributed by atoms with Gasteiger partial charge in [0.1, 0.15) is 0 Å². The van der Waals surface area contributed by atoms with E-state index in [1.165, 1.54) is 25.4 Å². The van der Waals surface area contributed by atoms with Crippen LogP contribution in [0.2, 0.25) is 5.02 Å². The number of hydrogen-bond donors (Lipinski definition) is 0. The normalized spacial score (nSPS) is 15.1. The quantitative estimate of drug-likeness (QED) is 0.539. The van der Waals surface area contributed by atoms with Gasteiger partial charge in [-0.05, 0) is 30.7 Å². The Hall–Kier alpha value is -3.27. The topological polar surface area (TPSA) is 92.6 Å². The summed E-state index contributed by atoms with van der Waals surface area (Å²) in [5.41, 5.74) is 1.14. The zero-order chi connectivity index (χ0) is 24.3. The third-order valence-electron chi connectivity index (χ3n) is 5.51. The molecule has 0 saturated carbocycles. The molecule has 0 atom stereocenters. The van der Waals surface area contributed by atoms with Gasteiger partial charge in [-0.25, -0.2) is 13.1 Å². The van der Waals surface area contributed by atoms with Gasteiger partial charge in [0, 0.05) is 43.3 Å². The smallest absolute Gasteiger partial charge is 0.278 e. The number of halogens is 1. The second kappa shape index (κ2) is 9.92. The van der Waals surface area contributed by atoms with Crippen molar-refractivity contribution >= 4 is 33.6 Å². The maximum atomic E-state index is 13.1. The van der Waals surface area contributed by atoms with Crippen LogP contribution >= 0.6 is 11.6 Å². The van der Waals surface area contributed by atoms with E-state index in [1.807, 2.05) is 30.3 Å². The lowest BCUT2D eigenvalue weighted by Crippen LogP contribution is -2.51. The number of carbonyl (C=O) groups excluding carboxylic acids is 1. The molecule has 0 bridgehead atoms. The summed E-state index contributed by atoms with van der Waals surface area (Å²) in [6.45, 7) is 2.25. The van der Waals surface area contributed by atoms with Crippen LogP contribution in [0.25, 0.3) is 11.8 Å². The molecule has 1 fully saturated rings. The average molecular weight is 499 g/mol. The summed E-state index contributed by atoms with van der Waals surface area (Å²) in [4.78, 5) is 27.1. The Balaban J connectivity index is 1.50. The van der Waals surface area contributed by atoms with E-state index in [2.05, 4.69) is 5.10 Å². The van der Waals surface area contributed by atoms with Crippen LogP contribution in [-0.4, -0.2) is 59.5 Å². The van der Waals surface area contributed by atoms with Crippen LogP contribution in [-0.2, 0) is 10.0 Å². The van der Waals surface area contributed by atoms with Crippen molar-refractivity contribution in [2.24, 2.45) is 0 Å². The van der Waals surface area contributed by atoms with Gasteiger partial charge >= 0.3 is 0 Å². The number of rotatable bonds is 5. The second-order valence-electron chi connectivity index (χ2n) is 7.81. The lowest BCUT2D eigenvalue weighted by Gasteiger charge is -2.33. The van der Waals surface area contributed by atoms with Crippen LogP contribution in [0.3, 0.4) is 0 Å². The molecule has 1 saturated heterocycles. The molecule has 0 radical (unpaired) electrons. The van der Waals surface area contributed by atoms with Gasteiger partial charge in [0.05, 0.1) is 10.7 Å². The highest BCUT2D eigenvalue weighted by atomic mass is 35.5. The summed E-state index contributed by atoms with van der Waals surface area (Å²) in [7, 11) is -3.64. The first kappa shape index (κ1) is 23.9. The fourth-order valence-electron chi connectivity index (χ4n) is 3.67. The maximum absolute atomic E-state index is 13.1. The molecule has 1 aliphatic rings. The largest absolute Gasteiger partial charge is 0.334 e. The van der Waals surface area contributed by atoms with Crippen molar-refractivity contribution in [2.45, 2.75) is 6.92 Å². The molecule has 0 N–H and O–H groups in total. The summed E-state index contributed by atoms with van der Waals surface area (Å²) in [6, 6.07) is 17.5. The van der Waals surface area contributed by atoms with Crippen molar-refractivity contribution in [3.05, 3.63) is 98.3 Å². The van der Waals surface area contributed by atoms with Gasteiger partial charge < -0.3 is 4.90 Å². The molecular formula is C24H23ClN4O4S. The number of nitrogens with zero attached hydrogens (tertiary/aromatic N) is 4. The van der Waals surface area contributed by atoms with E-state index in [0.717, 1.165) is 5.56 Å². The monoisotopic (exact) mass is 498 g/mol. The van der Waals surface area contributed by atoms with E-state index in [9.17, 15) is 18.0 Å². The van der Waals surface area contributed by atoms with Gasteiger partial charge in [0.25, 0.3) is 5.91 Å². The minimum Gasteiger partial charge on any atom is -0.334 e. The predicted molar refractivity (Wildman–Crippen MR) is 131 cm³/mol. The molecule has 176 valence electrons. The zero-order valence-corrected chi connectivity index (χ0v) is 20.0. The van der Waals surface area contributed by atoms with Gasteiger partial charge in [-0.2, -0.15) is 9.40 Å². The summed E-state index contributed by atoms with van der Waals surface area (Å²) in [5, 5.41) is 5.90. The molecule has 34 heavy (non-hydrogen) atoms. The van der Waals surface area contributed by atoms with E-state index in [-0.39, 0.29) is 31.9 Å². The second-order valence-corrected chi connectivity index (χ2v) is 10.0. The number of hydrogen-bond acceptors (Lipinski definition) is 5. The molecular weight excluding hydrogens is 476 g/mol. The molecule has 2 aromatic carbocycles. The zero-order valence-electron chi connectivity index (χ0n) is 18.5. The molecule has 1 aromatic heterocycles. The van der Waals surface area contributed by atoms with Crippen molar-refractivity contribution in [3.63, 3.8) is 0 Å².